The van der Waals surface area contributed by atoms with E-state index >= 15 is 0 Å². The van der Waals surface area contributed by atoms with Crippen LogP contribution in [0.4, 0.5) is 10.5 Å². The van der Waals surface area contributed by atoms with E-state index in [-0.39, 0.29) is 17.2 Å². The van der Waals surface area contributed by atoms with E-state index in [1.807, 2.05) is 42.5 Å². The number of nitrogens with zero attached hydrogens (tertiary/aromatic N) is 1. The van der Waals surface area contributed by atoms with Gasteiger partial charge in [0.1, 0.15) is 17.9 Å². The Morgan fingerprint density at radius 2 is 1.69 bits per heavy atom. The Kier molecular flexibility index (Phi) is 8.74. The first-order valence-electron chi connectivity index (χ1n) is 13.5. The molecule has 1 aliphatic heterocycles. The Morgan fingerprint density at radius 1 is 0.929 bits per heavy atom. The van der Waals surface area contributed by atoms with Crippen LogP contribution in [0.3, 0.4) is 0 Å². The summed E-state index contributed by atoms with van der Waals surface area (Å²) >= 11 is 6.60. The van der Waals surface area contributed by atoms with Crippen molar-refractivity contribution in [3.8, 4) is 17.2 Å². The van der Waals surface area contributed by atoms with Crippen molar-refractivity contribution in [2.75, 3.05) is 18.6 Å². The number of urea groups is 1. The van der Waals surface area contributed by atoms with Crippen molar-refractivity contribution in [3.05, 3.63) is 101 Å². The molecular weight excluding hydrogens is 556 g/mol. The minimum absolute atomic E-state index is 0.233. The van der Waals surface area contributed by atoms with Crippen molar-refractivity contribution in [1.82, 2.24) is 5.32 Å². The number of imide groups is 2. The fraction of sp³-hybridized carbons (Fsp3) is 0.182. The number of hydrogen-bond donors (Lipinski definition) is 1. The first kappa shape index (κ1) is 28.7. The van der Waals surface area contributed by atoms with Crippen LogP contribution < -0.4 is 24.4 Å². The fourth-order valence-corrected chi connectivity index (χ4v) is 4.89. The molecule has 0 aliphatic carbocycles. The second-order valence-electron chi connectivity index (χ2n) is 9.61. The number of benzene rings is 4. The lowest BCUT2D eigenvalue weighted by Gasteiger charge is -2.26. The summed E-state index contributed by atoms with van der Waals surface area (Å²) in [5.41, 5.74) is 1.46. The van der Waals surface area contributed by atoms with Gasteiger partial charge in [0.15, 0.2) is 11.5 Å². The Morgan fingerprint density at radius 3 is 2.45 bits per heavy atom. The average Bonchev–Trinajstić information content (AvgIpc) is 2.99. The van der Waals surface area contributed by atoms with Crippen LogP contribution in [-0.2, 0) is 16.2 Å². The summed E-state index contributed by atoms with van der Waals surface area (Å²) in [6.07, 6.45) is 3.28. The van der Waals surface area contributed by atoms with Crippen LogP contribution in [-0.4, -0.2) is 31.6 Å². The number of unbranched alkanes of at least 4 members (excludes halogenated alkanes) is 1. The number of fused-ring (bicyclic) bond motifs is 1. The van der Waals surface area contributed by atoms with E-state index in [1.165, 1.54) is 13.2 Å². The monoisotopic (exact) mass is 584 g/mol. The van der Waals surface area contributed by atoms with E-state index in [4.69, 9.17) is 25.8 Å². The number of barbiturate groups is 1. The first-order chi connectivity index (χ1) is 20.4. The van der Waals surface area contributed by atoms with Gasteiger partial charge in [-0.05, 0) is 70.8 Å². The van der Waals surface area contributed by atoms with Gasteiger partial charge in [0.25, 0.3) is 11.8 Å². The van der Waals surface area contributed by atoms with Crippen LogP contribution in [0.5, 0.6) is 17.2 Å². The van der Waals surface area contributed by atoms with Gasteiger partial charge in [0, 0.05) is 0 Å². The molecule has 9 heteroatoms. The molecule has 0 saturated carbocycles. The largest absolute Gasteiger partial charge is 0.494 e. The van der Waals surface area contributed by atoms with Crippen LogP contribution in [0, 0.1) is 0 Å². The van der Waals surface area contributed by atoms with Crippen LogP contribution in [0.2, 0.25) is 5.02 Å². The maximum absolute atomic E-state index is 13.4. The Bertz CT molecular complexity index is 1680. The zero-order valence-electron chi connectivity index (χ0n) is 23.2. The summed E-state index contributed by atoms with van der Waals surface area (Å²) in [6, 6.07) is 22.9. The highest BCUT2D eigenvalue weighted by atomic mass is 35.5. The molecule has 1 saturated heterocycles. The van der Waals surface area contributed by atoms with Crippen molar-refractivity contribution >= 4 is 52.0 Å². The number of halogens is 1. The highest BCUT2D eigenvalue weighted by molar-refractivity contribution is 6.39. The minimum Gasteiger partial charge on any atom is -0.494 e. The number of nitrogens with one attached hydrogen (secondary N) is 1. The maximum atomic E-state index is 13.4. The lowest BCUT2D eigenvalue weighted by Crippen LogP contribution is -2.54. The van der Waals surface area contributed by atoms with E-state index in [9.17, 15) is 14.4 Å². The topological polar surface area (TPSA) is 94.2 Å². The lowest BCUT2D eigenvalue weighted by molar-refractivity contribution is -0.122. The molecule has 0 bridgehead atoms. The van der Waals surface area contributed by atoms with Gasteiger partial charge in [-0.15, -0.1) is 0 Å². The molecule has 0 spiro atoms. The van der Waals surface area contributed by atoms with Gasteiger partial charge < -0.3 is 14.2 Å². The van der Waals surface area contributed by atoms with Crippen LogP contribution >= 0.6 is 11.6 Å². The fourth-order valence-electron chi connectivity index (χ4n) is 4.62. The highest BCUT2D eigenvalue weighted by Crippen LogP contribution is 2.38. The lowest BCUT2D eigenvalue weighted by atomic mass is 10.1. The quantitative estimate of drug-likeness (QED) is 0.123. The number of anilines is 1. The van der Waals surface area contributed by atoms with E-state index < -0.39 is 17.8 Å². The van der Waals surface area contributed by atoms with E-state index in [1.54, 1.807) is 36.4 Å². The first-order valence-corrected chi connectivity index (χ1v) is 13.9. The second kappa shape index (κ2) is 12.8. The predicted molar refractivity (Wildman–Crippen MR) is 162 cm³/mol. The Balaban J connectivity index is 1.38. The van der Waals surface area contributed by atoms with Crippen molar-refractivity contribution in [2.24, 2.45) is 0 Å². The van der Waals surface area contributed by atoms with E-state index in [2.05, 4.69) is 12.2 Å². The van der Waals surface area contributed by atoms with E-state index in [0.29, 0.717) is 35.1 Å². The molecule has 5 rings (SSSR count). The Labute approximate surface area is 248 Å². The van der Waals surface area contributed by atoms with Gasteiger partial charge in [-0.1, -0.05) is 67.4 Å². The molecule has 4 amide bonds. The number of amides is 4. The third-order valence-electron chi connectivity index (χ3n) is 6.78. The van der Waals surface area contributed by atoms with E-state index in [0.717, 1.165) is 34.1 Å². The molecule has 0 atom stereocenters. The molecule has 1 N–H and O–H groups in total. The average molecular weight is 585 g/mol. The summed E-state index contributed by atoms with van der Waals surface area (Å²) in [7, 11) is 1.47. The number of hydrogen-bond acceptors (Lipinski definition) is 6. The Hall–Kier alpha value is -4.82. The third-order valence-corrected chi connectivity index (χ3v) is 7.06. The second-order valence-corrected chi connectivity index (χ2v) is 10.0. The number of carbonyl (C=O) groups excluding carboxylic acids is 3. The summed E-state index contributed by atoms with van der Waals surface area (Å²) < 4.78 is 17.3. The SMILES string of the molecule is CCCCOc1ccc(N2C(=O)NC(=O)/C(=C/c3cc(Cl)c(OCc4cccc5ccccc45)c(OC)c3)C2=O)cc1. The highest BCUT2D eigenvalue weighted by Gasteiger charge is 2.37. The molecule has 0 unspecified atom stereocenters. The normalized spacial score (nSPS) is 14.3. The summed E-state index contributed by atoms with van der Waals surface area (Å²) in [5, 5.41) is 4.63. The molecule has 42 heavy (non-hydrogen) atoms. The molecule has 0 radical (unpaired) electrons. The number of rotatable bonds is 10. The van der Waals surface area contributed by atoms with Gasteiger partial charge in [-0.3, -0.25) is 14.9 Å². The molecule has 214 valence electrons. The summed E-state index contributed by atoms with van der Waals surface area (Å²) in [6.45, 7) is 2.89. The van der Waals surface area contributed by atoms with Gasteiger partial charge in [0.2, 0.25) is 0 Å². The summed E-state index contributed by atoms with van der Waals surface area (Å²) in [4.78, 5) is 39.6. The predicted octanol–water partition coefficient (Wildman–Crippen LogP) is 6.93. The van der Waals surface area contributed by atoms with Gasteiger partial charge in [-0.25, -0.2) is 9.69 Å². The maximum Gasteiger partial charge on any atom is 0.335 e. The van der Waals surface area contributed by atoms with Crippen LogP contribution in [0.15, 0.2) is 84.4 Å². The number of methoxy groups -OCH3 is 1. The molecule has 1 heterocycles. The van der Waals surface area contributed by atoms with Crippen molar-refractivity contribution in [3.63, 3.8) is 0 Å². The number of ether oxygens (including phenoxy) is 3. The molecule has 0 aromatic heterocycles. The molecule has 4 aromatic carbocycles. The zero-order valence-corrected chi connectivity index (χ0v) is 23.9. The van der Waals surface area contributed by atoms with Crippen molar-refractivity contribution in [1.29, 1.82) is 0 Å². The molecular formula is C33H29ClN2O6. The smallest absolute Gasteiger partial charge is 0.335 e. The molecule has 1 aliphatic rings. The molecule has 1 fully saturated rings. The standard InChI is InChI=1S/C33H29ClN2O6/c1-3-4-16-41-25-14-12-24(13-15-25)36-32(38)27(31(37)35-33(36)39)17-21-18-28(34)30(29(19-21)40-2)42-20-23-10-7-9-22-8-5-6-11-26(22)23/h5-15,17-19H,3-4,16,20H2,1-2H3,(H,35,37,39)/b27-17-. The van der Waals surface area contributed by atoms with Crippen LogP contribution in [0.1, 0.15) is 30.9 Å². The van der Waals surface area contributed by atoms with Gasteiger partial charge >= 0.3 is 6.03 Å². The van der Waals surface area contributed by atoms with Gasteiger partial charge in [-0.2, -0.15) is 0 Å². The van der Waals surface area contributed by atoms with Gasteiger partial charge in [0.05, 0.1) is 24.4 Å². The summed E-state index contributed by atoms with van der Waals surface area (Å²) in [5.74, 6) is -0.313. The minimum atomic E-state index is -0.838. The molecule has 8 nitrogen and oxygen atoms in total. The van der Waals surface area contributed by atoms with Crippen molar-refractivity contribution < 1.29 is 28.6 Å². The van der Waals surface area contributed by atoms with Crippen LogP contribution in [0.25, 0.3) is 16.8 Å². The zero-order chi connectivity index (χ0) is 29.6. The third kappa shape index (κ3) is 6.09. The number of carbonyl (C=O) groups is 3. The molecule has 4 aromatic rings. The van der Waals surface area contributed by atoms with Crippen molar-refractivity contribution in [2.45, 2.75) is 26.4 Å².